The van der Waals surface area contributed by atoms with E-state index in [1.165, 1.54) is 27.9 Å². The summed E-state index contributed by atoms with van der Waals surface area (Å²) in [6, 6.07) is 6.46. The van der Waals surface area contributed by atoms with E-state index in [0.717, 1.165) is 0 Å². The normalized spacial score (nSPS) is 11.5. The first-order chi connectivity index (χ1) is 10.3. The van der Waals surface area contributed by atoms with Crippen molar-refractivity contribution in [2.45, 2.75) is 33.2 Å². The first-order valence-electron chi connectivity index (χ1n) is 6.53. The Morgan fingerprint density at radius 2 is 1.55 bits per heavy atom. The van der Waals surface area contributed by atoms with Gasteiger partial charge >= 0.3 is 17.9 Å². The van der Waals surface area contributed by atoms with E-state index in [4.69, 9.17) is 14.2 Å². The van der Waals surface area contributed by atoms with Gasteiger partial charge in [-0.15, -0.1) is 0 Å². The number of hydrogen-bond acceptors (Lipinski definition) is 7. The second kappa shape index (κ2) is 8.02. The van der Waals surface area contributed by atoms with Crippen LogP contribution in [0.1, 0.15) is 32.6 Å². The van der Waals surface area contributed by atoms with E-state index in [2.05, 4.69) is 4.74 Å². The molecule has 0 saturated carbocycles. The van der Waals surface area contributed by atoms with Crippen LogP contribution in [0, 0.1) is 0 Å². The molecule has 7 nitrogen and oxygen atoms in total. The lowest BCUT2D eigenvalue weighted by atomic mass is 10.2. The van der Waals surface area contributed by atoms with Crippen LogP contribution in [-0.2, 0) is 28.6 Å². The van der Waals surface area contributed by atoms with Crippen molar-refractivity contribution in [1.82, 2.24) is 0 Å². The third kappa shape index (κ3) is 5.08. The molecule has 0 saturated heterocycles. The monoisotopic (exact) mass is 310 g/mol. The lowest BCUT2D eigenvalue weighted by Gasteiger charge is -2.21. The van der Waals surface area contributed by atoms with Crippen molar-refractivity contribution in [2.24, 2.45) is 0 Å². The molecule has 0 aromatic heterocycles. The van der Waals surface area contributed by atoms with Crippen molar-refractivity contribution in [2.75, 3.05) is 7.11 Å². The number of hydrogen-bond donors (Lipinski definition) is 0. The fourth-order valence-electron chi connectivity index (χ4n) is 1.64. The first kappa shape index (κ1) is 17.5. The third-order valence-corrected chi connectivity index (χ3v) is 2.56. The third-order valence-electron chi connectivity index (χ3n) is 2.56. The largest absolute Gasteiger partial charge is 0.478 e. The summed E-state index contributed by atoms with van der Waals surface area (Å²) in [5.74, 6) is -1.57. The second-order valence-corrected chi connectivity index (χ2v) is 4.37. The molecule has 0 amide bonds. The van der Waals surface area contributed by atoms with E-state index >= 15 is 0 Å². The highest BCUT2D eigenvalue weighted by Gasteiger charge is 2.24. The van der Waals surface area contributed by atoms with Crippen LogP contribution in [0.25, 0.3) is 0 Å². The van der Waals surface area contributed by atoms with Crippen LogP contribution in [0.4, 0.5) is 0 Å². The van der Waals surface area contributed by atoms with Crippen LogP contribution in [-0.4, -0.2) is 31.1 Å². The molecule has 0 aliphatic rings. The Labute approximate surface area is 128 Å². The summed E-state index contributed by atoms with van der Waals surface area (Å²) in [6.07, 6.45) is -2.13. The van der Waals surface area contributed by atoms with Crippen LogP contribution in [0.2, 0.25) is 0 Å². The van der Waals surface area contributed by atoms with Gasteiger partial charge in [-0.05, 0) is 19.1 Å². The summed E-state index contributed by atoms with van der Waals surface area (Å²) in [7, 11) is 1.24. The van der Waals surface area contributed by atoms with Gasteiger partial charge in [0.05, 0.1) is 12.7 Å². The standard InChI is InChI=1S/C15H18O7/c1-9(14(18)19-4)20-13-8-6-5-7-12(13)15(21-10(2)16)22-11(3)17/h5-9,15H,1-4H3/t9-/m1/s1. The molecule has 0 aliphatic carbocycles. The Bertz CT molecular complexity index is 537. The number of carbonyl (C=O) groups is 3. The summed E-state index contributed by atoms with van der Waals surface area (Å²) >= 11 is 0. The summed E-state index contributed by atoms with van der Waals surface area (Å²) in [5.41, 5.74) is 0.309. The van der Waals surface area contributed by atoms with Gasteiger partial charge in [0.1, 0.15) is 5.75 Å². The highest BCUT2D eigenvalue weighted by molar-refractivity contribution is 5.74. The minimum absolute atomic E-state index is 0.243. The van der Waals surface area contributed by atoms with Gasteiger partial charge in [-0.1, -0.05) is 12.1 Å². The van der Waals surface area contributed by atoms with Gasteiger partial charge in [-0.25, -0.2) is 4.79 Å². The summed E-state index contributed by atoms with van der Waals surface area (Å²) < 4.78 is 20.0. The molecule has 22 heavy (non-hydrogen) atoms. The zero-order valence-electron chi connectivity index (χ0n) is 12.8. The molecular formula is C15H18O7. The highest BCUT2D eigenvalue weighted by Crippen LogP contribution is 2.29. The van der Waals surface area contributed by atoms with Crippen LogP contribution < -0.4 is 4.74 Å². The predicted molar refractivity (Wildman–Crippen MR) is 74.8 cm³/mol. The minimum atomic E-state index is -1.25. The van der Waals surface area contributed by atoms with Gasteiger partial charge in [-0.3, -0.25) is 9.59 Å². The highest BCUT2D eigenvalue weighted by atomic mass is 16.7. The van der Waals surface area contributed by atoms with Gasteiger partial charge in [0.25, 0.3) is 6.29 Å². The first-order valence-corrected chi connectivity index (χ1v) is 6.53. The van der Waals surface area contributed by atoms with Crippen molar-refractivity contribution < 1.29 is 33.3 Å². The van der Waals surface area contributed by atoms with Crippen molar-refractivity contribution >= 4 is 17.9 Å². The summed E-state index contributed by atoms with van der Waals surface area (Å²) in [5, 5.41) is 0. The van der Waals surface area contributed by atoms with Gasteiger partial charge in [0.15, 0.2) is 6.10 Å². The molecule has 0 unspecified atom stereocenters. The SMILES string of the molecule is COC(=O)[C@@H](C)Oc1ccccc1C(OC(C)=O)OC(C)=O. The molecule has 0 bridgehead atoms. The zero-order chi connectivity index (χ0) is 16.7. The van der Waals surface area contributed by atoms with Crippen molar-refractivity contribution in [3.05, 3.63) is 29.8 Å². The number of para-hydroxylation sites is 1. The van der Waals surface area contributed by atoms with Crippen molar-refractivity contribution in [1.29, 1.82) is 0 Å². The van der Waals surface area contributed by atoms with Crippen LogP contribution in [0.3, 0.4) is 0 Å². The van der Waals surface area contributed by atoms with E-state index in [-0.39, 0.29) is 5.75 Å². The Morgan fingerprint density at radius 3 is 2.05 bits per heavy atom. The smallest absolute Gasteiger partial charge is 0.346 e. The second-order valence-electron chi connectivity index (χ2n) is 4.37. The summed E-state index contributed by atoms with van der Waals surface area (Å²) in [6.45, 7) is 3.89. The molecule has 120 valence electrons. The average Bonchev–Trinajstić information content (AvgIpc) is 2.45. The van der Waals surface area contributed by atoms with Gasteiger partial charge < -0.3 is 18.9 Å². The number of carbonyl (C=O) groups excluding carboxylic acids is 3. The molecule has 1 rings (SSSR count). The van der Waals surface area contributed by atoms with E-state index < -0.39 is 30.3 Å². The Hall–Kier alpha value is -2.57. The lowest BCUT2D eigenvalue weighted by molar-refractivity contribution is -0.187. The van der Waals surface area contributed by atoms with Gasteiger partial charge in [0.2, 0.25) is 0 Å². The fraction of sp³-hybridized carbons (Fsp3) is 0.400. The number of ether oxygens (including phenoxy) is 4. The molecule has 0 aliphatic heterocycles. The molecule has 0 spiro atoms. The minimum Gasteiger partial charge on any atom is -0.478 e. The molecule has 0 heterocycles. The van der Waals surface area contributed by atoms with E-state index in [1.807, 2.05) is 0 Å². The van der Waals surface area contributed by atoms with E-state index in [0.29, 0.717) is 5.56 Å². The van der Waals surface area contributed by atoms with Gasteiger partial charge in [0, 0.05) is 13.8 Å². The molecule has 7 heteroatoms. The number of esters is 3. The molecule has 0 fully saturated rings. The topological polar surface area (TPSA) is 88.1 Å². The quantitative estimate of drug-likeness (QED) is 0.584. The van der Waals surface area contributed by atoms with Gasteiger partial charge in [-0.2, -0.15) is 0 Å². The molecule has 1 aromatic carbocycles. The maximum atomic E-state index is 11.4. The molecule has 0 radical (unpaired) electrons. The Balaban J connectivity index is 3.07. The molecule has 1 atom stereocenters. The molecular weight excluding hydrogens is 292 g/mol. The van der Waals surface area contributed by atoms with E-state index in [1.54, 1.807) is 24.3 Å². The van der Waals surface area contributed by atoms with Crippen molar-refractivity contribution in [3.63, 3.8) is 0 Å². The maximum absolute atomic E-state index is 11.4. The Morgan fingerprint density at radius 1 is 1.00 bits per heavy atom. The number of benzene rings is 1. The van der Waals surface area contributed by atoms with Crippen LogP contribution in [0.5, 0.6) is 5.75 Å². The van der Waals surface area contributed by atoms with E-state index in [9.17, 15) is 14.4 Å². The van der Waals surface area contributed by atoms with Crippen LogP contribution >= 0.6 is 0 Å². The average molecular weight is 310 g/mol. The zero-order valence-corrected chi connectivity index (χ0v) is 12.8. The molecule has 0 N–H and O–H groups in total. The Kier molecular flexibility index (Phi) is 6.37. The maximum Gasteiger partial charge on any atom is 0.346 e. The molecule has 1 aromatic rings. The fourth-order valence-corrected chi connectivity index (χ4v) is 1.64. The summed E-state index contributed by atoms with van der Waals surface area (Å²) in [4.78, 5) is 33.8. The predicted octanol–water partition coefficient (Wildman–Crippen LogP) is 1.75. The van der Waals surface area contributed by atoms with Crippen LogP contribution in [0.15, 0.2) is 24.3 Å². The van der Waals surface area contributed by atoms with Crippen molar-refractivity contribution in [3.8, 4) is 5.75 Å². The number of methoxy groups -OCH3 is 1. The number of rotatable bonds is 6. The lowest BCUT2D eigenvalue weighted by Crippen LogP contribution is -2.26.